The number of anilines is 1. The number of hydrogen-bond acceptors (Lipinski definition) is 2. The molecule has 5 heteroatoms. The van der Waals surface area contributed by atoms with Gasteiger partial charge in [-0.25, -0.2) is 0 Å². The Hall–Kier alpha value is -2.40. The van der Waals surface area contributed by atoms with Gasteiger partial charge in [0.2, 0.25) is 5.91 Å². The van der Waals surface area contributed by atoms with Crippen LogP contribution >= 0.6 is 12.2 Å². The fourth-order valence-corrected chi connectivity index (χ4v) is 3.12. The molecule has 1 aliphatic rings. The molecule has 0 aliphatic carbocycles. The van der Waals surface area contributed by atoms with E-state index >= 15 is 0 Å². The molecule has 23 heavy (non-hydrogen) atoms. The van der Waals surface area contributed by atoms with Gasteiger partial charge in [0.1, 0.15) is 6.54 Å². The van der Waals surface area contributed by atoms with Crippen molar-refractivity contribution in [3.8, 4) is 0 Å². The second-order valence-electron chi connectivity index (χ2n) is 5.64. The number of rotatable bonds is 1. The van der Waals surface area contributed by atoms with Crippen LogP contribution in [0.2, 0.25) is 0 Å². The first-order valence-electron chi connectivity index (χ1n) is 7.54. The average molecular weight is 325 g/mol. The van der Waals surface area contributed by atoms with E-state index in [1.807, 2.05) is 35.2 Å². The standard InChI is InChI=1S/C18H19N3OS/c1-12-8-9-15-14(10-12)17(13-6-4-3-5-7-13)21(18(23)19-2)11-16(22)20-15/h3-10,17H,11H2,1-2H3,(H,19,23)(H,20,22). The van der Waals surface area contributed by atoms with Crippen LogP contribution < -0.4 is 10.6 Å². The molecule has 0 fully saturated rings. The minimum Gasteiger partial charge on any atom is -0.366 e. The van der Waals surface area contributed by atoms with Gasteiger partial charge in [-0.3, -0.25) is 4.79 Å². The lowest BCUT2D eigenvalue weighted by Gasteiger charge is -2.32. The largest absolute Gasteiger partial charge is 0.366 e. The van der Waals surface area contributed by atoms with Crippen molar-refractivity contribution in [2.45, 2.75) is 13.0 Å². The molecule has 1 unspecified atom stereocenters. The van der Waals surface area contributed by atoms with Crippen molar-refractivity contribution in [3.63, 3.8) is 0 Å². The van der Waals surface area contributed by atoms with E-state index < -0.39 is 0 Å². The van der Waals surface area contributed by atoms with Crippen LogP contribution in [0.25, 0.3) is 0 Å². The molecule has 0 saturated heterocycles. The first kappa shape index (κ1) is 15.5. The maximum atomic E-state index is 12.3. The lowest BCUT2D eigenvalue weighted by Crippen LogP contribution is -2.43. The summed E-state index contributed by atoms with van der Waals surface area (Å²) in [6, 6.07) is 16.1. The number of nitrogens with one attached hydrogen (secondary N) is 2. The molecule has 1 aliphatic heterocycles. The van der Waals surface area contributed by atoms with Gasteiger partial charge in [-0.1, -0.05) is 48.0 Å². The summed E-state index contributed by atoms with van der Waals surface area (Å²) in [6.07, 6.45) is 0. The van der Waals surface area contributed by atoms with E-state index in [0.29, 0.717) is 5.11 Å². The van der Waals surface area contributed by atoms with Gasteiger partial charge in [-0.15, -0.1) is 0 Å². The molecule has 118 valence electrons. The molecular weight excluding hydrogens is 306 g/mol. The molecule has 2 aromatic rings. The van der Waals surface area contributed by atoms with Crippen molar-refractivity contribution in [1.29, 1.82) is 0 Å². The summed E-state index contributed by atoms with van der Waals surface area (Å²) in [5, 5.41) is 6.55. The number of hydrogen-bond donors (Lipinski definition) is 2. The van der Waals surface area contributed by atoms with Gasteiger partial charge in [0, 0.05) is 18.3 Å². The van der Waals surface area contributed by atoms with Crippen molar-refractivity contribution >= 4 is 28.9 Å². The summed E-state index contributed by atoms with van der Waals surface area (Å²) < 4.78 is 0. The molecule has 0 aromatic heterocycles. The predicted molar refractivity (Wildman–Crippen MR) is 96.5 cm³/mol. The van der Waals surface area contributed by atoms with Gasteiger partial charge in [0.15, 0.2) is 5.11 Å². The number of thiocarbonyl (C=S) groups is 1. The van der Waals surface area contributed by atoms with Crippen LogP contribution in [0.1, 0.15) is 22.7 Å². The lowest BCUT2D eigenvalue weighted by atomic mass is 9.95. The third-order valence-electron chi connectivity index (χ3n) is 3.99. The van der Waals surface area contributed by atoms with Crippen LogP contribution in [0.3, 0.4) is 0 Å². The number of fused-ring (bicyclic) bond motifs is 1. The summed E-state index contributed by atoms with van der Waals surface area (Å²) in [7, 11) is 1.78. The van der Waals surface area contributed by atoms with Crippen molar-refractivity contribution in [2.75, 3.05) is 18.9 Å². The highest BCUT2D eigenvalue weighted by Crippen LogP contribution is 2.36. The highest BCUT2D eigenvalue weighted by molar-refractivity contribution is 7.80. The highest BCUT2D eigenvalue weighted by Gasteiger charge is 2.31. The lowest BCUT2D eigenvalue weighted by molar-refractivity contribution is -0.116. The summed E-state index contributed by atoms with van der Waals surface area (Å²) in [5.41, 5.74) is 4.15. The van der Waals surface area contributed by atoms with Crippen molar-refractivity contribution < 1.29 is 4.79 Å². The first-order chi connectivity index (χ1) is 11.1. The molecule has 1 atom stereocenters. The Morgan fingerprint density at radius 3 is 2.70 bits per heavy atom. The topological polar surface area (TPSA) is 44.4 Å². The van der Waals surface area contributed by atoms with Crippen LogP contribution in [0, 0.1) is 6.92 Å². The fraction of sp³-hybridized carbons (Fsp3) is 0.222. The Balaban J connectivity index is 2.21. The molecule has 4 nitrogen and oxygen atoms in total. The Labute approximate surface area is 141 Å². The summed E-state index contributed by atoms with van der Waals surface area (Å²) in [5.74, 6) is -0.0638. The monoisotopic (exact) mass is 325 g/mol. The van der Waals surface area contributed by atoms with Gasteiger partial charge < -0.3 is 15.5 Å². The van der Waals surface area contributed by atoms with Crippen LogP contribution in [0.4, 0.5) is 5.69 Å². The molecule has 2 N–H and O–H groups in total. The van der Waals surface area contributed by atoms with E-state index in [2.05, 4.69) is 35.8 Å². The summed E-state index contributed by atoms with van der Waals surface area (Å²) in [6.45, 7) is 2.27. The molecule has 2 aromatic carbocycles. The van der Waals surface area contributed by atoms with Gasteiger partial charge >= 0.3 is 0 Å². The van der Waals surface area contributed by atoms with Gasteiger partial charge in [-0.05, 0) is 30.8 Å². The molecule has 0 radical (unpaired) electrons. The maximum absolute atomic E-state index is 12.3. The van der Waals surface area contributed by atoms with Crippen LogP contribution in [0.5, 0.6) is 0 Å². The molecule has 0 saturated carbocycles. The van der Waals surface area contributed by atoms with E-state index in [0.717, 1.165) is 22.4 Å². The Kier molecular flexibility index (Phi) is 4.30. The number of amides is 1. The van der Waals surface area contributed by atoms with E-state index in [4.69, 9.17) is 12.2 Å². The molecule has 3 rings (SSSR count). The minimum absolute atomic E-state index is 0.0638. The van der Waals surface area contributed by atoms with Crippen molar-refractivity contribution in [1.82, 2.24) is 10.2 Å². The number of nitrogens with zero attached hydrogens (tertiary/aromatic N) is 1. The van der Waals surface area contributed by atoms with Crippen LogP contribution in [0.15, 0.2) is 48.5 Å². The predicted octanol–water partition coefficient (Wildman–Crippen LogP) is 2.84. The Bertz CT molecular complexity index is 745. The molecule has 1 amide bonds. The number of aryl methyl sites for hydroxylation is 1. The molecule has 0 bridgehead atoms. The van der Waals surface area contributed by atoms with E-state index in [9.17, 15) is 4.79 Å². The van der Waals surface area contributed by atoms with Crippen LogP contribution in [-0.2, 0) is 4.79 Å². The molecule has 0 spiro atoms. The Morgan fingerprint density at radius 2 is 2.00 bits per heavy atom. The third-order valence-corrected chi connectivity index (χ3v) is 4.43. The SMILES string of the molecule is CNC(=S)N1CC(=O)Nc2ccc(C)cc2C1c1ccccc1. The third kappa shape index (κ3) is 3.05. The zero-order chi connectivity index (χ0) is 16.4. The maximum Gasteiger partial charge on any atom is 0.244 e. The first-order valence-corrected chi connectivity index (χ1v) is 7.94. The second kappa shape index (κ2) is 6.38. The fourth-order valence-electron chi connectivity index (χ4n) is 2.95. The summed E-state index contributed by atoms with van der Waals surface area (Å²) in [4.78, 5) is 14.2. The smallest absolute Gasteiger partial charge is 0.244 e. The molecular formula is C18H19N3OS. The number of carbonyl (C=O) groups is 1. The molecule has 1 heterocycles. The van der Waals surface area contributed by atoms with E-state index in [-0.39, 0.29) is 18.5 Å². The minimum atomic E-state index is -0.106. The van der Waals surface area contributed by atoms with Gasteiger partial charge in [0.05, 0.1) is 6.04 Å². The zero-order valence-electron chi connectivity index (χ0n) is 13.2. The van der Waals surface area contributed by atoms with E-state index in [1.54, 1.807) is 7.05 Å². The van der Waals surface area contributed by atoms with Gasteiger partial charge in [-0.2, -0.15) is 0 Å². The van der Waals surface area contributed by atoms with E-state index in [1.165, 1.54) is 0 Å². The number of carbonyl (C=O) groups excluding carboxylic acids is 1. The quantitative estimate of drug-likeness (QED) is 0.792. The normalized spacial score (nSPS) is 17.0. The van der Waals surface area contributed by atoms with Crippen LogP contribution in [-0.4, -0.2) is 29.5 Å². The average Bonchev–Trinajstić information content (AvgIpc) is 2.70. The van der Waals surface area contributed by atoms with Crippen molar-refractivity contribution in [3.05, 3.63) is 65.2 Å². The van der Waals surface area contributed by atoms with Gasteiger partial charge in [0.25, 0.3) is 0 Å². The second-order valence-corrected chi connectivity index (χ2v) is 6.02. The summed E-state index contributed by atoms with van der Waals surface area (Å²) >= 11 is 5.46. The highest BCUT2D eigenvalue weighted by atomic mass is 32.1. The Morgan fingerprint density at radius 1 is 1.26 bits per heavy atom. The van der Waals surface area contributed by atoms with Crippen molar-refractivity contribution in [2.24, 2.45) is 0 Å². The number of benzene rings is 2. The zero-order valence-corrected chi connectivity index (χ0v) is 14.0.